The van der Waals surface area contributed by atoms with Crippen molar-refractivity contribution in [1.82, 2.24) is 4.98 Å². The molecule has 16 heavy (non-hydrogen) atoms. The second kappa shape index (κ2) is 4.17. The van der Waals surface area contributed by atoms with Crippen LogP contribution < -0.4 is 5.73 Å². The number of nitrogens with zero attached hydrogens (tertiary/aromatic N) is 1. The van der Waals surface area contributed by atoms with Crippen molar-refractivity contribution in [3.63, 3.8) is 0 Å². The summed E-state index contributed by atoms with van der Waals surface area (Å²) in [5, 5.41) is 0. The van der Waals surface area contributed by atoms with Gasteiger partial charge in [-0.15, -0.1) is 0 Å². The number of hydrogen-bond donors (Lipinski definition) is 1. The molecule has 0 radical (unpaired) electrons. The Bertz CT molecular complexity index is 494. The van der Waals surface area contributed by atoms with E-state index >= 15 is 0 Å². The van der Waals surface area contributed by atoms with E-state index in [2.05, 4.69) is 20.9 Å². The Labute approximate surface area is 99.2 Å². The summed E-state index contributed by atoms with van der Waals surface area (Å²) in [6.45, 7) is 0. The number of anilines is 1. The number of nitrogen functional groups attached to an aromatic ring is 1. The molecule has 1 aromatic carbocycles. The maximum Gasteiger partial charge on any atom is 0.159 e. The molecule has 2 aromatic rings. The van der Waals surface area contributed by atoms with Crippen LogP contribution in [0.5, 0.6) is 0 Å². The Balaban J connectivity index is 2.50. The van der Waals surface area contributed by atoms with Gasteiger partial charge in [-0.05, 0) is 40.2 Å². The molecule has 0 bridgehead atoms. The third-order valence-electron chi connectivity index (χ3n) is 2.10. The van der Waals surface area contributed by atoms with E-state index in [4.69, 9.17) is 5.73 Å². The van der Waals surface area contributed by atoms with E-state index in [1.807, 2.05) is 0 Å². The minimum atomic E-state index is -0.902. The molecule has 2 rings (SSSR count). The van der Waals surface area contributed by atoms with Crippen LogP contribution in [0.3, 0.4) is 0 Å². The van der Waals surface area contributed by atoms with Crippen molar-refractivity contribution in [2.24, 2.45) is 0 Å². The van der Waals surface area contributed by atoms with Crippen molar-refractivity contribution in [2.45, 2.75) is 0 Å². The highest BCUT2D eigenvalue weighted by Gasteiger charge is 2.06. The maximum atomic E-state index is 13.0. The molecule has 0 aliphatic heterocycles. The molecule has 2 N–H and O–H groups in total. The SMILES string of the molecule is Nc1cc(-c2ccc(F)c(F)c2)ncc1Br. The highest BCUT2D eigenvalue weighted by Crippen LogP contribution is 2.25. The van der Waals surface area contributed by atoms with Gasteiger partial charge in [0.05, 0.1) is 10.2 Å². The maximum absolute atomic E-state index is 13.0. The average molecular weight is 285 g/mol. The lowest BCUT2D eigenvalue weighted by atomic mass is 10.1. The number of aromatic nitrogens is 1. The minimum absolute atomic E-state index is 0.484. The number of halogens is 3. The Morgan fingerprint density at radius 1 is 1.12 bits per heavy atom. The number of hydrogen-bond acceptors (Lipinski definition) is 2. The third-order valence-corrected chi connectivity index (χ3v) is 2.76. The van der Waals surface area contributed by atoms with Crippen LogP contribution in [-0.2, 0) is 0 Å². The first-order valence-corrected chi connectivity index (χ1v) is 5.23. The van der Waals surface area contributed by atoms with Gasteiger partial charge < -0.3 is 5.73 Å². The lowest BCUT2D eigenvalue weighted by molar-refractivity contribution is 0.509. The summed E-state index contributed by atoms with van der Waals surface area (Å²) in [5.41, 5.74) is 7.15. The van der Waals surface area contributed by atoms with Gasteiger partial charge in [0, 0.05) is 17.4 Å². The topological polar surface area (TPSA) is 38.9 Å². The number of pyridine rings is 1. The molecule has 82 valence electrons. The summed E-state index contributed by atoms with van der Waals surface area (Å²) in [4.78, 5) is 4.06. The molecular formula is C11H7BrF2N2. The van der Waals surface area contributed by atoms with Gasteiger partial charge in [0.15, 0.2) is 11.6 Å². The fraction of sp³-hybridized carbons (Fsp3) is 0. The largest absolute Gasteiger partial charge is 0.398 e. The van der Waals surface area contributed by atoms with Gasteiger partial charge in [-0.25, -0.2) is 8.78 Å². The highest BCUT2D eigenvalue weighted by molar-refractivity contribution is 9.10. The van der Waals surface area contributed by atoms with Gasteiger partial charge >= 0.3 is 0 Å². The smallest absolute Gasteiger partial charge is 0.159 e. The highest BCUT2D eigenvalue weighted by atomic mass is 79.9. The zero-order valence-corrected chi connectivity index (χ0v) is 9.63. The molecule has 0 spiro atoms. The summed E-state index contributed by atoms with van der Waals surface area (Å²) in [6.07, 6.45) is 1.52. The quantitative estimate of drug-likeness (QED) is 0.872. The number of rotatable bonds is 1. The summed E-state index contributed by atoms with van der Waals surface area (Å²) in [7, 11) is 0. The first-order chi connectivity index (χ1) is 7.58. The Hall–Kier alpha value is -1.49. The molecule has 0 atom stereocenters. The number of nitrogens with two attached hydrogens (primary N) is 1. The van der Waals surface area contributed by atoms with Crippen LogP contribution in [0.4, 0.5) is 14.5 Å². The number of benzene rings is 1. The van der Waals surface area contributed by atoms with Crippen LogP contribution in [0, 0.1) is 11.6 Å². The normalized spacial score (nSPS) is 10.4. The fourth-order valence-electron chi connectivity index (χ4n) is 1.27. The average Bonchev–Trinajstić information content (AvgIpc) is 2.26. The summed E-state index contributed by atoms with van der Waals surface area (Å²) in [5.74, 6) is -1.78. The van der Waals surface area contributed by atoms with E-state index in [9.17, 15) is 8.78 Å². The van der Waals surface area contributed by atoms with Crippen LogP contribution in [0.25, 0.3) is 11.3 Å². The van der Waals surface area contributed by atoms with Gasteiger partial charge in [-0.2, -0.15) is 0 Å². The van der Waals surface area contributed by atoms with Crippen LogP contribution in [0.2, 0.25) is 0 Å². The molecule has 0 aliphatic carbocycles. The molecule has 0 unspecified atom stereocenters. The van der Waals surface area contributed by atoms with Crippen LogP contribution in [0.15, 0.2) is 34.9 Å². The standard InChI is InChI=1S/C11H7BrF2N2/c12-7-5-16-11(4-10(7)15)6-1-2-8(13)9(14)3-6/h1-5H,(H2,15,16). The van der Waals surface area contributed by atoms with Gasteiger partial charge in [0.25, 0.3) is 0 Å². The van der Waals surface area contributed by atoms with Gasteiger partial charge in [0.1, 0.15) is 0 Å². The summed E-state index contributed by atoms with van der Waals surface area (Å²) in [6, 6.07) is 5.19. The zero-order valence-electron chi connectivity index (χ0n) is 8.05. The van der Waals surface area contributed by atoms with Crippen molar-refractivity contribution in [3.05, 3.63) is 46.6 Å². The monoisotopic (exact) mass is 284 g/mol. The third kappa shape index (κ3) is 2.04. The van der Waals surface area contributed by atoms with Gasteiger partial charge in [0.2, 0.25) is 0 Å². The Morgan fingerprint density at radius 3 is 2.50 bits per heavy atom. The predicted octanol–water partition coefficient (Wildman–Crippen LogP) is 3.37. The Kier molecular flexibility index (Phi) is 2.87. The van der Waals surface area contributed by atoms with E-state index in [0.29, 0.717) is 21.4 Å². The predicted molar refractivity (Wildman–Crippen MR) is 61.7 cm³/mol. The molecule has 0 saturated carbocycles. The molecule has 5 heteroatoms. The molecule has 0 saturated heterocycles. The van der Waals surface area contributed by atoms with E-state index in [-0.39, 0.29) is 0 Å². The lowest BCUT2D eigenvalue weighted by Crippen LogP contribution is -1.92. The molecule has 1 aromatic heterocycles. The van der Waals surface area contributed by atoms with Crippen molar-refractivity contribution in [2.75, 3.05) is 5.73 Å². The van der Waals surface area contributed by atoms with Gasteiger partial charge in [-0.3, -0.25) is 4.98 Å². The van der Waals surface area contributed by atoms with E-state index < -0.39 is 11.6 Å². The van der Waals surface area contributed by atoms with Crippen molar-refractivity contribution < 1.29 is 8.78 Å². The molecule has 0 fully saturated rings. The van der Waals surface area contributed by atoms with Crippen molar-refractivity contribution in [3.8, 4) is 11.3 Å². The molecule has 1 heterocycles. The summed E-state index contributed by atoms with van der Waals surface area (Å²) >= 11 is 3.21. The van der Waals surface area contributed by atoms with E-state index in [1.165, 1.54) is 12.3 Å². The zero-order chi connectivity index (χ0) is 11.7. The second-order valence-electron chi connectivity index (χ2n) is 3.22. The molecule has 0 amide bonds. The van der Waals surface area contributed by atoms with Gasteiger partial charge in [-0.1, -0.05) is 0 Å². The fourth-order valence-corrected chi connectivity index (χ4v) is 1.48. The molecular weight excluding hydrogens is 278 g/mol. The summed E-state index contributed by atoms with van der Waals surface area (Å²) < 4.78 is 26.4. The van der Waals surface area contributed by atoms with Crippen molar-refractivity contribution in [1.29, 1.82) is 0 Å². The second-order valence-corrected chi connectivity index (χ2v) is 4.07. The lowest BCUT2D eigenvalue weighted by Gasteiger charge is -2.04. The minimum Gasteiger partial charge on any atom is -0.398 e. The van der Waals surface area contributed by atoms with Crippen LogP contribution in [-0.4, -0.2) is 4.98 Å². The first-order valence-electron chi connectivity index (χ1n) is 4.44. The van der Waals surface area contributed by atoms with Crippen LogP contribution >= 0.6 is 15.9 Å². The first kappa shape index (κ1) is 11.0. The van der Waals surface area contributed by atoms with E-state index in [1.54, 1.807) is 6.07 Å². The van der Waals surface area contributed by atoms with E-state index in [0.717, 1.165) is 12.1 Å². The molecule has 2 nitrogen and oxygen atoms in total. The van der Waals surface area contributed by atoms with Crippen molar-refractivity contribution >= 4 is 21.6 Å². The Morgan fingerprint density at radius 2 is 1.88 bits per heavy atom. The van der Waals surface area contributed by atoms with Crippen LogP contribution in [0.1, 0.15) is 0 Å². The molecule has 0 aliphatic rings.